The van der Waals surface area contributed by atoms with E-state index in [-0.39, 0.29) is 5.91 Å². The van der Waals surface area contributed by atoms with Crippen molar-refractivity contribution in [2.24, 2.45) is 0 Å². The van der Waals surface area contributed by atoms with Crippen LogP contribution < -0.4 is 5.32 Å². The molecule has 0 bridgehead atoms. The second-order valence-corrected chi connectivity index (χ2v) is 5.78. The van der Waals surface area contributed by atoms with Crippen LogP contribution in [0.5, 0.6) is 0 Å². The van der Waals surface area contributed by atoms with Crippen molar-refractivity contribution >= 4 is 16.9 Å². The van der Waals surface area contributed by atoms with E-state index < -0.39 is 0 Å². The van der Waals surface area contributed by atoms with Crippen LogP contribution in [-0.4, -0.2) is 37.7 Å². The second kappa shape index (κ2) is 6.72. The van der Waals surface area contributed by atoms with E-state index in [9.17, 15) is 4.79 Å². The van der Waals surface area contributed by atoms with Crippen molar-refractivity contribution in [1.82, 2.24) is 30.0 Å². The maximum atomic E-state index is 12.4. The van der Waals surface area contributed by atoms with Crippen molar-refractivity contribution in [3.8, 4) is 11.3 Å². The predicted octanol–water partition coefficient (Wildman–Crippen LogP) is 2.30. The Morgan fingerprint density at radius 1 is 1.12 bits per heavy atom. The SMILES string of the molecule is CNC(=O)c1cc(-c2cccnc2)nc2c1cnn2Cc1cccnc1. The minimum atomic E-state index is -0.177. The molecule has 0 radical (unpaired) electrons. The van der Waals surface area contributed by atoms with Gasteiger partial charge in [0.15, 0.2) is 5.65 Å². The molecule has 0 aliphatic heterocycles. The highest BCUT2D eigenvalue weighted by Gasteiger charge is 2.17. The smallest absolute Gasteiger partial charge is 0.251 e. The largest absolute Gasteiger partial charge is 0.355 e. The van der Waals surface area contributed by atoms with E-state index in [4.69, 9.17) is 4.98 Å². The third-order valence-corrected chi connectivity index (χ3v) is 4.09. The van der Waals surface area contributed by atoms with E-state index in [2.05, 4.69) is 20.4 Å². The number of hydrogen-bond acceptors (Lipinski definition) is 5. The molecule has 0 fully saturated rings. The minimum Gasteiger partial charge on any atom is -0.355 e. The fourth-order valence-corrected chi connectivity index (χ4v) is 2.81. The molecule has 4 rings (SSSR count). The number of nitrogens with zero attached hydrogens (tertiary/aromatic N) is 5. The first-order valence-corrected chi connectivity index (χ1v) is 8.14. The zero-order chi connectivity index (χ0) is 17.9. The molecule has 0 aromatic carbocycles. The van der Waals surface area contributed by atoms with E-state index in [1.54, 1.807) is 48.8 Å². The number of fused-ring (bicyclic) bond motifs is 1. The molecule has 7 heteroatoms. The fraction of sp³-hybridized carbons (Fsp3) is 0.105. The van der Waals surface area contributed by atoms with Gasteiger partial charge in [0.05, 0.1) is 29.4 Å². The lowest BCUT2D eigenvalue weighted by Gasteiger charge is -2.08. The lowest BCUT2D eigenvalue weighted by atomic mass is 10.1. The van der Waals surface area contributed by atoms with Crippen molar-refractivity contribution < 1.29 is 4.79 Å². The Morgan fingerprint density at radius 2 is 1.92 bits per heavy atom. The van der Waals surface area contributed by atoms with Gasteiger partial charge in [-0.05, 0) is 29.8 Å². The number of pyridine rings is 3. The number of carbonyl (C=O) groups excluding carboxylic acids is 1. The van der Waals surface area contributed by atoms with E-state index in [1.807, 2.05) is 24.3 Å². The van der Waals surface area contributed by atoms with Crippen molar-refractivity contribution in [3.63, 3.8) is 0 Å². The van der Waals surface area contributed by atoms with Crippen LogP contribution in [0.25, 0.3) is 22.3 Å². The lowest BCUT2D eigenvalue weighted by molar-refractivity contribution is 0.0964. The average Bonchev–Trinajstić information content (AvgIpc) is 3.11. The summed E-state index contributed by atoms with van der Waals surface area (Å²) in [5.74, 6) is -0.177. The van der Waals surface area contributed by atoms with E-state index >= 15 is 0 Å². The summed E-state index contributed by atoms with van der Waals surface area (Å²) >= 11 is 0. The van der Waals surface area contributed by atoms with Gasteiger partial charge in [-0.3, -0.25) is 14.8 Å². The van der Waals surface area contributed by atoms with Gasteiger partial charge in [-0.25, -0.2) is 9.67 Å². The Kier molecular flexibility index (Phi) is 4.10. The maximum absolute atomic E-state index is 12.4. The predicted molar refractivity (Wildman–Crippen MR) is 97.5 cm³/mol. The number of carbonyl (C=O) groups is 1. The topological polar surface area (TPSA) is 85.6 Å². The Bertz CT molecular complexity index is 1060. The minimum absolute atomic E-state index is 0.177. The molecule has 1 N–H and O–H groups in total. The van der Waals surface area contributed by atoms with Gasteiger partial charge < -0.3 is 5.32 Å². The molecule has 128 valence electrons. The van der Waals surface area contributed by atoms with Gasteiger partial charge in [0.1, 0.15) is 0 Å². The number of hydrogen-bond donors (Lipinski definition) is 1. The standard InChI is InChI=1S/C19H16N6O/c1-20-19(26)15-8-17(14-5-3-7-22-10-14)24-18-16(15)11-23-25(18)12-13-4-2-6-21-9-13/h2-11H,12H2,1H3,(H,20,26). The van der Waals surface area contributed by atoms with Crippen LogP contribution in [0.3, 0.4) is 0 Å². The zero-order valence-corrected chi connectivity index (χ0v) is 14.1. The Morgan fingerprint density at radius 3 is 2.62 bits per heavy atom. The Balaban J connectivity index is 1.89. The first kappa shape index (κ1) is 15.9. The summed E-state index contributed by atoms with van der Waals surface area (Å²) in [6.07, 6.45) is 8.62. The van der Waals surface area contributed by atoms with Gasteiger partial charge in [-0.15, -0.1) is 0 Å². The van der Waals surface area contributed by atoms with Gasteiger partial charge in [0.2, 0.25) is 0 Å². The lowest BCUT2D eigenvalue weighted by Crippen LogP contribution is -2.18. The molecule has 26 heavy (non-hydrogen) atoms. The highest BCUT2D eigenvalue weighted by atomic mass is 16.1. The third kappa shape index (κ3) is 2.90. The van der Waals surface area contributed by atoms with Crippen LogP contribution in [0.15, 0.2) is 61.3 Å². The monoisotopic (exact) mass is 344 g/mol. The zero-order valence-electron chi connectivity index (χ0n) is 14.1. The van der Waals surface area contributed by atoms with E-state index in [1.165, 1.54) is 0 Å². The van der Waals surface area contributed by atoms with Crippen LogP contribution >= 0.6 is 0 Å². The molecule has 1 amide bonds. The van der Waals surface area contributed by atoms with Gasteiger partial charge in [0.25, 0.3) is 5.91 Å². The van der Waals surface area contributed by atoms with Gasteiger partial charge in [-0.2, -0.15) is 5.10 Å². The number of nitrogens with one attached hydrogen (secondary N) is 1. The van der Waals surface area contributed by atoms with E-state index in [0.29, 0.717) is 28.8 Å². The molecular weight excluding hydrogens is 328 g/mol. The van der Waals surface area contributed by atoms with Crippen molar-refractivity contribution in [3.05, 3.63) is 72.4 Å². The first-order chi connectivity index (χ1) is 12.8. The van der Waals surface area contributed by atoms with Gasteiger partial charge in [0, 0.05) is 37.4 Å². The summed E-state index contributed by atoms with van der Waals surface area (Å²) in [6.45, 7) is 0.522. The van der Waals surface area contributed by atoms with Gasteiger partial charge in [-0.1, -0.05) is 6.07 Å². The quantitative estimate of drug-likeness (QED) is 0.614. The summed E-state index contributed by atoms with van der Waals surface area (Å²) in [4.78, 5) is 25.4. The molecule has 4 heterocycles. The van der Waals surface area contributed by atoms with Gasteiger partial charge >= 0.3 is 0 Å². The number of rotatable bonds is 4. The first-order valence-electron chi connectivity index (χ1n) is 8.14. The van der Waals surface area contributed by atoms with Crippen LogP contribution in [-0.2, 0) is 6.54 Å². The van der Waals surface area contributed by atoms with Crippen LogP contribution in [0, 0.1) is 0 Å². The van der Waals surface area contributed by atoms with Crippen molar-refractivity contribution in [2.75, 3.05) is 7.05 Å². The Hall–Kier alpha value is -3.61. The Labute approximate surface area is 149 Å². The number of amides is 1. The summed E-state index contributed by atoms with van der Waals surface area (Å²) in [7, 11) is 1.61. The molecule has 0 spiro atoms. The summed E-state index contributed by atoms with van der Waals surface area (Å²) in [6, 6.07) is 9.38. The summed E-state index contributed by atoms with van der Waals surface area (Å²) in [5.41, 5.74) is 3.71. The molecule has 0 aliphatic carbocycles. The fourth-order valence-electron chi connectivity index (χ4n) is 2.81. The third-order valence-electron chi connectivity index (χ3n) is 4.09. The van der Waals surface area contributed by atoms with Crippen molar-refractivity contribution in [2.45, 2.75) is 6.54 Å². The molecular formula is C19H16N6O. The molecule has 4 aromatic heterocycles. The normalized spacial score (nSPS) is 10.8. The van der Waals surface area contributed by atoms with Crippen LogP contribution in [0.4, 0.5) is 0 Å². The van der Waals surface area contributed by atoms with Crippen LogP contribution in [0.1, 0.15) is 15.9 Å². The summed E-state index contributed by atoms with van der Waals surface area (Å²) in [5, 5.41) is 7.82. The molecule has 0 unspecified atom stereocenters. The van der Waals surface area contributed by atoms with E-state index in [0.717, 1.165) is 11.1 Å². The molecule has 4 aromatic rings. The summed E-state index contributed by atoms with van der Waals surface area (Å²) < 4.78 is 1.78. The van der Waals surface area contributed by atoms with Crippen LogP contribution in [0.2, 0.25) is 0 Å². The van der Waals surface area contributed by atoms with Crippen molar-refractivity contribution in [1.29, 1.82) is 0 Å². The maximum Gasteiger partial charge on any atom is 0.251 e. The average molecular weight is 344 g/mol. The highest BCUT2D eigenvalue weighted by molar-refractivity contribution is 6.06. The molecule has 0 atom stereocenters. The molecule has 0 saturated carbocycles. The second-order valence-electron chi connectivity index (χ2n) is 5.78. The molecule has 7 nitrogen and oxygen atoms in total. The number of aromatic nitrogens is 5. The molecule has 0 saturated heterocycles. The highest BCUT2D eigenvalue weighted by Crippen LogP contribution is 2.24. The molecule has 0 aliphatic rings.